The molecule has 64 heavy (non-hydrogen) atoms. The van der Waals surface area contributed by atoms with Crippen LogP contribution < -0.4 is 5.73 Å². The number of carbonyl (C=O) groups is 2. The lowest BCUT2D eigenvalue weighted by Gasteiger charge is -2.19. The van der Waals surface area contributed by atoms with Crippen LogP contribution in [0.4, 0.5) is 0 Å². The molecule has 0 aromatic rings. The van der Waals surface area contributed by atoms with Gasteiger partial charge in [-0.1, -0.05) is 181 Å². The van der Waals surface area contributed by atoms with Gasteiger partial charge in [-0.15, -0.1) is 0 Å². The molecule has 0 aromatic carbocycles. The van der Waals surface area contributed by atoms with Crippen molar-refractivity contribution in [3.05, 3.63) is 109 Å². The van der Waals surface area contributed by atoms with Crippen molar-refractivity contribution in [3.8, 4) is 0 Å². The van der Waals surface area contributed by atoms with Crippen LogP contribution in [-0.4, -0.2) is 49.3 Å². The average molecular weight is 912 g/mol. The number of phosphoric ester groups is 1. The molecule has 0 saturated carbocycles. The number of carbonyl (C=O) groups excluding carboxylic acids is 2. The van der Waals surface area contributed by atoms with Crippen LogP contribution in [0.25, 0.3) is 0 Å². The predicted octanol–water partition coefficient (Wildman–Crippen LogP) is 15.1. The van der Waals surface area contributed by atoms with Gasteiger partial charge < -0.3 is 20.1 Å². The van der Waals surface area contributed by atoms with E-state index in [4.69, 9.17) is 24.3 Å². The minimum atomic E-state index is -4.39. The maximum Gasteiger partial charge on any atom is 0.472 e. The monoisotopic (exact) mass is 912 g/mol. The second-order valence-electron chi connectivity index (χ2n) is 15.9. The summed E-state index contributed by atoms with van der Waals surface area (Å²) in [4.78, 5) is 34.9. The second-order valence-corrected chi connectivity index (χ2v) is 17.4. The molecule has 0 aliphatic heterocycles. The van der Waals surface area contributed by atoms with Gasteiger partial charge in [0, 0.05) is 19.4 Å². The third kappa shape index (κ3) is 48.1. The molecule has 3 N–H and O–H groups in total. The van der Waals surface area contributed by atoms with Gasteiger partial charge in [-0.2, -0.15) is 0 Å². The fraction of sp³-hybridized carbons (Fsp3) is 0.630. The Bertz CT molecular complexity index is 1410. The molecular weight excluding hydrogens is 822 g/mol. The molecule has 0 spiro atoms. The number of hydrogen-bond donors (Lipinski definition) is 2. The second kappa shape index (κ2) is 49.1. The molecule has 0 aromatic heterocycles. The lowest BCUT2D eigenvalue weighted by Crippen LogP contribution is -2.29. The zero-order chi connectivity index (χ0) is 46.7. The van der Waals surface area contributed by atoms with Crippen LogP contribution >= 0.6 is 7.82 Å². The highest BCUT2D eigenvalue weighted by molar-refractivity contribution is 7.47. The van der Waals surface area contributed by atoms with Gasteiger partial charge in [-0.3, -0.25) is 18.6 Å². The van der Waals surface area contributed by atoms with Crippen molar-refractivity contribution < 1.29 is 37.6 Å². The summed E-state index contributed by atoms with van der Waals surface area (Å²) in [6.45, 7) is 3.55. The smallest absolute Gasteiger partial charge is 0.462 e. The van der Waals surface area contributed by atoms with Gasteiger partial charge >= 0.3 is 19.8 Å². The van der Waals surface area contributed by atoms with Gasteiger partial charge in [0.05, 0.1) is 13.2 Å². The Morgan fingerprint density at radius 2 is 0.859 bits per heavy atom. The Balaban J connectivity index is 4.09. The van der Waals surface area contributed by atoms with Crippen LogP contribution in [0, 0.1) is 0 Å². The van der Waals surface area contributed by atoms with Gasteiger partial charge in [-0.05, 0) is 103 Å². The number of esters is 2. The molecule has 2 unspecified atom stereocenters. The molecule has 0 aliphatic rings. The molecule has 0 saturated heterocycles. The predicted molar refractivity (Wildman–Crippen MR) is 270 cm³/mol. The molecule has 0 amide bonds. The van der Waals surface area contributed by atoms with E-state index in [2.05, 4.69) is 123 Å². The molecule has 364 valence electrons. The molecule has 0 fully saturated rings. The van der Waals surface area contributed by atoms with Gasteiger partial charge in [0.15, 0.2) is 6.10 Å². The Hall–Kier alpha value is -3.33. The standard InChI is InChI=1S/C54H90NO8P/c1-3-5-7-9-11-13-15-17-18-19-20-21-22-23-24-25-26-27-28-29-30-31-32-33-34-35-37-39-41-43-45-47-54(57)63-52(51-62-64(58,59)61-49-48-55)50-60-53(56)46-44-42-40-38-36-16-14-12-10-8-6-4-2/h5,7,11-14,17-18,20-21,23-24,26-27,29-30,32-33,52H,3-4,6,8-10,15-16,19,22,25,28,31,34-51,55H2,1-2H3,(H,58,59)/b7-5-,13-11-,14-12-,18-17-,21-20-,24-23-,27-26-,30-29-,33-32-. The van der Waals surface area contributed by atoms with E-state index in [1.165, 1.54) is 19.3 Å². The van der Waals surface area contributed by atoms with E-state index in [1.54, 1.807) is 0 Å². The quantitative estimate of drug-likeness (QED) is 0.0265. The molecular formula is C54H90NO8P. The zero-order valence-electron chi connectivity index (χ0n) is 40.2. The number of unbranched alkanes of at least 4 members (excludes halogenated alkanes) is 14. The highest BCUT2D eigenvalue weighted by Crippen LogP contribution is 2.43. The maximum atomic E-state index is 12.6. The molecule has 0 radical (unpaired) electrons. The van der Waals surface area contributed by atoms with E-state index in [1.807, 2.05) is 0 Å². The normalized spacial score (nSPS) is 14.1. The summed E-state index contributed by atoms with van der Waals surface area (Å²) in [6, 6.07) is 0. The van der Waals surface area contributed by atoms with Crippen molar-refractivity contribution >= 4 is 19.8 Å². The average Bonchev–Trinajstić information content (AvgIpc) is 3.28. The van der Waals surface area contributed by atoms with E-state index in [0.29, 0.717) is 12.8 Å². The number of hydrogen-bond acceptors (Lipinski definition) is 8. The highest BCUT2D eigenvalue weighted by Gasteiger charge is 2.26. The molecule has 0 aliphatic carbocycles. The molecule has 0 rings (SSSR count). The number of allylic oxidation sites excluding steroid dienone is 18. The van der Waals surface area contributed by atoms with Crippen LogP contribution in [0.3, 0.4) is 0 Å². The number of nitrogens with two attached hydrogens (primary N) is 1. The zero-order valence-corrected chi connectivity index (χ0v) is 41.1. The summed E-state index contributed by atoms with van der Waals surface area (Å²) < 4.78 is 32.8. The van der Waals surface area contributed by atoms with E-state index in [9.17, 15) is 19.0 Å². The molecule has 0 heterocycles. The lowest BCUT2D eigenvalue weighted by atomic mass is 10.1. The first kappa shape index (κ1) is 60.7. The summed E-state index contributed by atoms with van der Waals surface area (Å²) >= 11 is 0. The van der Waals surface area contributed by atoms with Gasteiger partial charge in [0.25, 0.3) is 0 Å². The Morgan fingerprint density at radius 1 is 0.484 bits per heavy atom. The topological polar surface area (TPSA) is 134 Å². The highest BCUT2D eigenvalue weighted by atomic mass is 31.2. The van der Waals surface area contributed by atoms with E-state index in [-0.39, 0.29) is 32.6 Å². The summed E-state index contributed by atoms with van der Waals surface area (Å²) in [5.41, 5.74) is 5.35. The lowest BCUT2D eigenvalue weighted by molar-refractivity contribution is -0.161. The fourth-order valence-electron chi connectivity index (χ4n) is 6.23. The fourth-order valence-corrected chi connectivity index (χ4v) is 7.00. The van der Waals surface area contributed by atoms with Crippen molar-refractivity contribution in [2.45, 2.75) is 193 Å². The van der Waals surface area contributed by atoms with Crippen molar-refractivity contribution in [2.75, 3.05) is 26.4 Å². The van der Waals surface area contributed by atoms with Gasteiger partial charge in [0.2, 0.25) is 0 Å². The summed E-state index contributed by atoms with van der Waals surface area (Å²) in [6.07, 6.45) is 65.6. The van der Waals surface area contributed by atoms with Crippen LogP contribution in [0.5, 0.6) is 0 Å². The maximum absolute atomic E-state index is 12.6. The van der Waals surface area contributed by atoms with Gasteiger partial charge in [0.1, 0.15) is 6.61 Å². The molecule has 2 atom stereocenters. The largest absolute Gasteiger partial charge is 0.472 e. The summed E-state index contributed by atoms with van der Waals surface area (Å²) in [7, 11) is -4.39. The van der Waals surface area contributed by atoms with E-state index >= 15 is 0 Å². The number of rotatable bonds is 45. The van der Waals surface area contributed by atoms with Crippen LogP contribution in [0.2, 0.25) is 0 Å². The first-order chi connectivity index (χ1) is 31.3. The SMILES string of the molecule is CC/C=C\C/C=C\C/C=C\C/C=C\C/C=C\C/C=C\C/C=C\C/C=C\CCCCCCCCC(=O)OC(COC(=O)CCCCCCC/C=C\CCCCC)COP(=O)(O)OCCN. The summed E-state index contributed by atoms with van der Waals surface area (Å²) in [5, 5.41) is 0. The number of phosphoric acid groups is 1. The summed E-state index contributed by atoms with van der Waals surface area (Å²) in [5.74, 6) is -0.865. The van der Waals surface area contributed by atoms with Crippen molar-refractivity contribution in [2.24, 2.45) is 5.73 Å². The molecule has 10 heteroatoms. The van der Waals surface area contributed by atoms with Crippen molar-refractivity contribution in [3.63, 3.8) is 0 Å². The first-order valence-electron chi connectivity index (χ1n) is 24.9. The van der Waals surface area contributed by atoms with E-state index in [0.717, 1.165) is 128 Å². The minimum Gasteiger partial charge on any atom is -0.462 e. The molecule has 9 nitrogen and oxygen atoms in total. The Kier molecular flexibility index (Phi) is 46.6. The Labute approximate surface area is 390 Å². The number of ether oxygens (including phenoxy) is 2. The molecule has 0 bridgehead atoms. The minimum absolute atomic E-state index is 0.0439. The van der Waals surface area contributed by atoms with Crippen LogP contribution in [0.1, 0.15) is 187 Å². The van der Waals surface area contributed by atoms with E-state index < -0.39 is 32.5 Å². The first-order valence-corrected chi connectivity index (χ1v) is 26.4. The third-order valence-corrected chi connectivity index (χ3v) is 10.9. The Morgan fingerprint density at radius 3 is 1.30 bits per heavy atom. The van der Waals surface area contributed by atoms with Gasteiger partial charge in [-0.25, -0.2) is 4.57 Å². The van der Waals surface area contributed by atoms with Crippen LogP contribution in [-0.2, 0) is 32.7 Å². The third-order valence-electron chi connectivity index (χ3n) is 9.89. The van der Waals surface area contributed by atoms with Crippen LogP contribution in [0.15, 0.2) is 109 Å². The van der Waals surface area contributed by atoms with Crippen molar-refractivity contribution in [1.29, 1.82) is 0 Å². The van der Waals surface area contributed by atoms with Crippen molar-refractivity contribution in [1.82, 2.24) is 0 Å².